The molecule has 6 nitrogen and oxygen atoms in total. The van der Waals surface area contributed by atoms with Gasteiger partial charge in [-0.15, -0.1) is 0 Å². The summed E-state index contributed by atoms with van der Waals surface area (Å²) in [6.07, 6.45) is 1.82. The summed E-state index contributed by atoms with van der Waals surface area (Å²) in [7, 11) is 3.39. The third-order valence-corrected chi connectivity index (χ3v) is 4.36. The Morgan fingerprint density at radius 2 is 1.87 bits per heavy atom. The van der Waals surface area contributed by atoms with Crippen LogP contribution in [0.4, 0.5) is 0 Å². The fourth-order valence-electron chi connectivity index (χ4n) is 2.89. The summed E-state index contributed by atoms with van der Waals surface area (Å²) in [5, 5.41) is 0. The lowest BCUT2D eigenvalue weighted by Crippen LogP contribution is -2.33. The molecule has 1 aromatic heterocycles. The SMILES string of the molecule is CCOC(=O)c1c(C)c(C(=O)CN(C)C(=O)C2CC2)c(C)n1C. The molecular formula is C17H24N2O4. The van der Waals surface area contributed by atoms with Crippen molar-refractivity contribution in [3.63, 3.8) is 0 Å². The Labute approximate surface area is 136 Å². The van der Waals surface area contributed by atoms with Gasteiger partial charge in [0.2, 0.25) is 5.91 Å². The van der Waals surface area contributed by atoms with Crippen molar-refractivity contribution < 1.29 is 19.1 Å². The van der Waals surface area contributed by atoms with Crippen molar-refractivity contribution in [1.82, 2.24) is 9.47 Å². The fourth-order valence-corrected chi connectivity index (χ4v) is 2.89. The zero-order valence-electron chi connectivity index (χ0n) is 14.4. The maximum Gasteiger partial charge on any atom is 0.355 e. The predicted octanol–water partition coefficient (Wildman–Crippen LogP) is 1.87. The highest BCUT2D eigenvalue weighted by molar-refractivity contribution is 6.04. The molecule has 1 heterocycles. The van der Waals surface area contributed by atoms with Crippen LogP contribution in [0, 0.1) is 19.8 Å². The summed E-state index contributed by atoms with van der Waals surface area (Å²) in [5.74, 6) is -0.476. The zero-order valence-corrected chi connectivity index (χ0v) is 14.4. The van der Waals surface area contributed by atoms with Gasteiger partial charge in [0.1, 0.15) is 5.69 Å². The molecule has 2 rings (SSSR count). The Bertz CT molecular complexity index is 656. The Morgan fingerprint density at radius 3 is 2.39 bits per heavy atom. The van der Waals surface area contributed by atoms with Crippen LogP contribution >= 0.6 is 0 Å². The molecule has 0 N–H and O–H groups in total. The average molecular weight is 320 g/mol. The molecule has 0 radical (unpaired) electrons. The molecule has 0 aromatic carbocycles. The summed E-state index contributed by atoms with van der Waals surface area (Å²) < 4.78 is 6.74. The number of Topliss-reactive ketones (excluding diaryl/α,β-unsaturated/α-hetero) is 1. The van der Waals surface area contributed by atoms with Gasteiger partial charge in [0.15, 0.2) is 5.78 Å². The third kappa shape index (κ3) is 3.30. The topological polar surface area (TPSA) is 68.6 Å². The number of hydrogen-bond donors (Lipinski definition) is 0. The smallest absolute Gasteiger partial charge is 0.355 e. The molecule has 0 atom stereocenters. The van der Waals surface area contributed by atoms with Crippen molar-refractivity contribution >= 4 is 17.7 Å². The number of carbonyl (C=O) groups is 3. The standard InChI is InChI=1S/C17H24N2O4/c1-6-23-17(22)15-10(2)14(11(3)19(15)5)13(20)9-18(4)16(21)12-7-8-12/h12H,6-9H2,1-5H3. The molecule has 0 bridgehead atoms. The molecule has 1 fully saturated rings. The fraction of sp³-hybridized carbons (Fsp3) is 0.588. The lowest BCUT2D eigenvalue weighted by molar-refractivity contribution is -0.130. The Kier molecular flexibility index (Phi) is 4.92. The van der Waals surface area contributed by atoms with Gasteiger partial charge in [-0.05, 0) is 39.2 Å². The Hall–Kier alpha value is -2.11. The number of hydrogen-bond acceptors (Lipinski definition) is 4. The monoisotopic (exact) mass is 320 g/mol. The van der Waals surface area contributed by atoms with Crippen LogP contribution in [-0.4, -0.2) is 47.3 Å². The molecule has 0 spiro atoms. The average Bonchev–Trinajstić information content (AvgIpc) is 3.28. The van der Waals surface area contributed by atoms with E-state index < -0.39 is 5.97 Å². The highest BCUT2D eigenvalue weighted by atomic mass is 16.5. The van der Waals surface area contributed by atoms with Gasteiger partial charge in [0.05, 0.1) is 13.2 Å². The lowest BCUT2D eigenvalue weighted by Gasteiger charge is -2.16. The van der Waals surface area contributed by atoms with Gasteiger partial charge in [-0.2, -0.15) is 0 Å². The van der Waals surface area contributed by atoms with Crippen LogP contribution in [0.2, 0.25) is 0 Å². The second-order valence-corrected chi connectivity index (χ2v) is 6.11. The minimum absolute atomic E-state index is 0.0233. The minimum Gasteiger partial charge on any atom is -0.461 e. The largest absolute Gasteiger partial charge is 0.461 e. The highest BCUT2D eigenvalue weighted by Gasteiger charge is 2.33. The van der Waals surface area contributed by atoms with Gasteiger partial charge < -0.3 is 14.2 Å². The van der Waals surface area contributed by atoms with E-state index in [4.69, 9.17) is 4.74 Å². The van der Waals surface area contributed by atoms with Crippen molar-refractivity contribution in [2.75, 3.05) is 20.2 Å². The van der Waals surface area contributed by atoms with Gasteiger partial charge >= 0.3 is 5.97 Å². The number of esters is 1. The quantitative estimate of drug-likeness (QED) is 0.593. The van der Waals surface area contributed by atoms with Crippen LogP contribution in [0.5, 0.6) is 0 Å². The van der Waals surface area contributed by atoms with Gasteiger partial charge in [-0.3, -0.25) is 9.59 Å². The number of ketones is 1. The summed E-state index contributed by atoms with van der Waals surface area (Å²) >= 11 is 0. The van der Waals surface area contributed by atoms with Crippen molar-refractivity contribution in [3.8, 4) is 0 Å². The summed E-state index contributed by atoms with van der Waals surface area (Å²) in [6.45, 7) is 5.60. The van der Waals surface area contributed by atoms with E-state index in [1.54, 1.807) is 39.4 Å². The number of carbonyl (C=O) groups excluding carboxylic acids is 3. The van der Waals surface area contributed by atoms with Gasteiger partial charge in [0.25, 0.3) is 0 Å². The molecule has 1 saturated carbocycles. The van der Waals surface area contributed by atoms with Crippen molar-refractivity contribution in [1.29, 1.82) is 0 Å². The summed E-state index contributed by atoms with van der Waals surface area (Å²) in [5.41, 5.74) is 2.22. The molecular weight excluding hydrogens is 296 g/mol. The normalized spacial score (nSPS) is 13.8. The first kappa shape index (κ1) is 17.2. The molecule has 126 valence electrons. The van der Waals surface area contributed by atoms with E-state index in [9.17, 15) is 14.4 Å². The molecule has 0 unspecified atom stereocenters. The molecule has 1 aliphatic carbocycles. The minimum atomic E-state index is -0.433. The number of rotatable bonds is 6. The zero-order chi connectivity index (χ0) is 17.3. The maximum atomic E-state index is 12.6. The van der Waals surface area contributed by atoms with Crippen LogP contribution < -0.4 is 0 Å². The highest BCUT2D eigenvalue weighted by Crippen LogP contribution is 2.31. The van der Waals surface area contributed by atoms with Crippen molar-refractivity contribution in [2.45, 2.75) is 33.6 Å². The molecule has 0 saturated heterocycles. The molecule has 23 heavy (non-hydrogen) atoms. The number of amides is 1. The van der Waals surface area contributed by atoms with Gasteiger partial charge in [-0.1, -0.05) is 0 Å². The first-order valence-corrected chi connectivity index (χ1v) is 7.90. The number of likely N-dealkylation sites (N-methyl/N-ethyl adjacent to an activating group) is 1. The Balaban J connectivity index is 2.24. The number of ether oxygens (including phenoxy) is 1. The van der Waals surface area contributed by atoms with Gasteiger partial charge in [0, 0.05) is 31.3 Å². The lowest BCUT2D eigenvalue weighted by atomic mass is 10.1. The molecule has 1 aromatic rings. The first-order chi connectivity index (χ1) is 10.8. The second kappa shape index (κ2) is 6.56. The second-order valence-electron chi connectivity index (χ2n) is 6.11. The van der Waals surface area contributed by atoms with E-state index >= 15 is 0 Å². The van der Waals surface area contributed by atoms with Gasteiger partial charge in [-0.25, -0.2) is 4.79 Å². The van der Waals surface area contributed by atoms with Crippen LogP contribution in [0.25, 0.3) is 0 Å². The van der Waals surface area contributed by atoms with Crippen molar-refractivity contribution in [2.24, 2.45) is 13.0 Å². The van der Waals surface area contributed by atoms with E-state index in [2.05, 4.69) is 0 Å². The molecule has 0 aliphatic heterocycles. The van der Waals surface area contributed by atoms with Crippen molar-refractivity contribution in [3.05, 3.63) is 22.5 Å². The van der Waals surface area contributed by atoms with Crippen LogP contribution in [0.15, 0.2) is 0 Å². The van der Waals surface area contributed by atoms with E-state index in [1.807, 2.05) is 0 Å². The van der Waals surface area contributed by atoms with E-state index in [-0.39, 0.29) is 30.8 Å². The van der Waals surface area contributed by atoms with E-state index in [1.165, 1.54) is 4.90 Å². The summed E-state index contributed by atoms with van der Waals surface area (Å²) in [4.78, 5) is 38.2. The molecule has 1 amide bonds. The molecule has 1 aliphatic rings. The summed E-state index contributed by atoms with van der Waals surface area (Å²) in [6, 6.07) is 0. The van der Waals surface area contributed by atoms with E-state index in [0.29, 0.717) is 22.5 Å². The maximum absolute atomic E-state index is 12.6. The third-order valence-electron chi connectivity index (χ3n) is 4.36. The first-order valence-electron chi connectivity index (χ1n) is 7.90. The van der Waals surface area contributed by atoms with Crippen LogP contribution in [0.1, 0.15) is 51.9 Å². The number of nitrogens with zero attached hydrogens (tertiary/aromatic N) is 2. The van der Waals surface area contributed by atoms with Crippen LogP contribution in [-0.2, 0) is 16.6 Å². The van der Waals surface area contributed by atoms with E-state index in [0.717, 1.165) is 12.8 Å². The predicted molar refractivity (Wildman–Crippen MR) is 85.5 cm³/mol. The number of aromatic nitrogens is 1. The molecule has 6 heteroatoms. The Morgan fingerprint density at radius 1 is 1.26 bits per heavy atom. The van der Waals surface area contributed by atoms with Crippen LogP contribution in [0.3, 0.4) is 0 Å².